The molecule has 13 N–H and O–H groups in total. The van der Waals surface area contributed by atoms with Crippen molar-refractivity contribution in [3.63, 3.8) is 0 Å². The van der Waals surface area contributed by atoms with E-state index in [4.69, 9.17) is 32.2 Å². The molecule has 0 bridgehead atoms. The van der Waals surface area contributed by atoms with Gasteiger partial charge < -0.3 is 63.3 Å². The van der Waals surface area contributed by atoms with E-state index < -0.39 is 72.8 Å². The molecule has 0 saturated carbocycles. The Balaban J connectivity index is 0.00000481. The number of aliphatic hydroxyl groups excluding tert-OH is 3. The van der Waals surface area contributed by atoms with Crippen molar-refractivity contribution in [2.45, 2.75) is 109 Å². The van der Waals surface area contributed by atoms with Gasteiger partial charge in [-0.2, -0.15) is 0 Å². The first-order chi connectivity index (χ1) is 30.1. The summed E-state index contributed by atoms with van der Waals surface area (Å²) in [6.07, 6.45) is 2.75. The summed E-state index contributed by atoms with van der Waals surface area (Å²) in [5, 5.41) is 33.6. The van der Waals surface area contributed by atoms with Crippen LogP contribution in [0.15, 0.2) is 60.7 Å². The molecular formula is C46H69N7O10. The van der Waals surface area contributed by atoms with Crippen LogP contribution in [0.2, 0.25) is 0 Å². The van der Waals surface area contributed by atoms with E-state index in [-0.39, 0.29) is 12.8 Å². The number of hydrogen-bond donors (Lipinski definition) is 10. The highest BCUT2D eigenvalue weighted by Gasteiger charge is 2.30. The number of ether oxygens (including phenoxy) is 1. The lowest BCUT2D eigenvalue weighted by atomic mass is 9.95. The molecule has 3 aromatic carbocycles. The molecule has 5 atom stereocenters. The molecule has 0 heterocycles. The highest BCUT2D eigenvalue weighted by molar-refractivity contribution is 5.95. The number of aryl methyl sites for hydroxylation is 4. The number of nitrogens with one attached hydrogen (secondary N) is 4. The average Bonchev–Trinajstić information content (AvgIpc) is 3.27. The van der Waals surface area contributed by atoms with Crippen LogP contribution in [0.25, 0.3) is 11.1 Å². The maximum Gasteiger partial charge on any atom is 0.243 e. The molecule has 3 rings (SSSR count). The molecule has 0 fully saturated rings. The highest BCUT2D eigenvalue weighted by Crippen LogP contribution is 2.29. The van der Waals surface area contributed by atoms with Gasteiger partial charge in [-0.05, 0) is 106 Å². The van der Waals surface area contributed by atoms with Gasteiger partial charge in [-0.3, -0.25) is 24.0 Å². The van der Waals surface area contributed by atoms with Crippen molar-refractivity contribution in [1.29, 1.82) is 0 Å². The summed E-state index contributed by atoms with van der Waals surface area (Å²) in [7, 11) is 2.00. The summed E-state index contributed by atoms with van der Waals surface area (Å²) in [6.45, 7) is 7.99. The lowest BCUT2D eigenvalue weighted by Gasteiger charge is -2.24. The van der Waals surface area contributed by atoms with E-state index in [1.54, 1.807) is 0 Å². The molecular weight excluding hydrogens is 811 g/mol. The molecule has 5 amide bonds. The third kappa shape index (κ3) is 19.9. The quantitative estimate of drug-likeness (QED) is 0.0418. The summed E-state index contributed by atoms with van der Waals surface area (Å²) >= 11 is 0. The van der Waals surface area contributed by atoms with Crippen LogP contribution in [0.4, 0.5) is 0 Å². The molecule has 0 radical (unpaired) electrons. The predicted molar refractivity (Wildman–Crippen MR) is 242 cm³/mol. The fourth-order valence-corrected chi connectivity index (χ4v) is 6.57. The summed E-state index contributed by atoms with van der Waals surface area (Å²) in [6, 6.07) is 14.6. The Morgan fingerprint density at radius 3 is 1.97 bits per heavy atom. The first kappa shape index (κ1) is 55.3. The number of carbonyl (C=O) groups excluding carboxylic acids is 6. The minimum atomic E-state index is -1.41. The van der Waals surface area contributed by atoms with Crippen LogP contribution in [0.5, 0.6) is 5.75 Å². The second kappa shape index (κ2) is 30.3. The maximum atomic E-state index is 13.9. The third-order valence-corrected chi connectivity index (χ3v) is 9.79. The lowest BCUT2D eigenvalue weighted by molar-refractivity contribution is -0.134. The van der Waals surface area contributed by atoms with E-state index in [2.05, 4.69) is 46.4 Å². The van der Waals surface area contributed by atoms with Crippen molar-refractivity contribution in [3.05, 3.63) is 88.5 Å². The van der Waals surface area contributed by atoms with Crippen molar-refractivity contribution >= 4 is 35.8 Å². The molecule has 0 saturated heterocycles. The first-order valence-electron chi connectivity index (χ1n) is 21.0. The minimum absolute atomic E-state index is 0.0167. The molecule has 4 unspecified atom stereocenters. The number of aliphatic hydroxyl groups is 3. The van der Waals surface area contributed by atoms with Crippen molar-refractivity contribution in [1.82, 2.24) is 21.3 Å². The number of rotatable bonds is 25. The average molecular weight is 880 g/mol. The van der Waals surface area contributed by atoms with Gasteiger partial charge in [0, 0.05) is 27.1 Å². The fraction of sp³-hybridized carbons (Fsp3) is 0.478. The topological polar surface area (TPSA) is 299 Å². The Morgan fingerprint density at radius 2 is 1.40 bits per heavy atom. The van der Waals surface area contributed by atoms with E-state index >= 15 is 0 Å². The normalized spacial score (nSPS) is 12.9. The molecule has 17 nitrogen and oxygen atoms in total. The predicted octanol–water partition coefficient (Wildman–Crippen LogP) is 0.786. The number of aldehydes is 1. The van der Waals surface area contributed by atoms with Crippen LogP contribution in [0.3, 0.4) is 0 Å². The SMILES string of the molecule is CCc1cc(OCCCCN)ccc1-c1ccc(C[C@H](NC(=O)C(CC=O)NC(=O)CNC(=O)C(N)C(C)O)C(=O)NC(CCCc2cc(C)cc(C)c2)C(N)=O)cc1.CO.CO. The summed E-state index contributed by atoms with van der Waals surface area (Å²) in [5.41, 5.74) is 24.0. The lowest BCUT2D eigenvalue weighted by Crippen LogP contribution is -2.57. The second-order valence-electron chi connectivity index (χ2n) is 14.8. The van der Waals surface area contributed by atoms with E-state index in [1.807, 2.05) is 56.3 Å². The molecule has 348 valence electrons. The Labute approximate surface area is 370 Å². The Bertz CT molecular complexity index is 1870. The van der Waals surface area contributed by atoms with E-state index in [9.17, 15) is 33.9 Å². The van der Waals surface area contributed by atoms with Crippen LogP contribution in [-0.2, 0) is 48.0 Å². The van der Waals surface area contributed by atoms with E-state index in [0.29, 0.717) is 37.8 Å². The molecule has 0 spiro atoms. The van der Waals surface area contributed by atoms with Gasteiger partial charge in [0.15, 0.2) is 0 Å². The minimum Gasteiger partial charge on any atom is -0.494 e. The maximum absolute atomic E-state index is 13.9. The number of hydrogen-bond acceptors (Lipinski definition) is 12. The summed E-state index contributed by atoms with van der Waals surface area (Å²) < 4.78 is 5.91. The summed E-state index contributed by atoms with van der Waals surface area (Å²) in [4.78, 5) is 76.6. The first-order valence-corrected chi connectivity index (χ1v) is 21.0. The Hall–Kier alpha value is -5.72. The third-order valence-electron chi connectivity index (χ3n) is 9.79. The standard InChI is InChI=1S/C44H61N7O8.2CH4O/c1-5-32-25-34(59-20-7-6-18-45)15-16-35(32)33-13-11-30(12-14-33)24-38(43(57)50-36(41(47)55)10-8-9-31-22-27(2)21-28(3)23-31)51-42(56)37(17-19-52)49-39(54)26-48-44(58)40(46)29(4)53;2*1-2/h11-16,19,21-23,25,29,36-38,40,53H,5-10,17-18,20,24,26,45-46H2,1-4H3,(H2,47,55)(H,48,58)(H,49,54)(H,50,57)(H,51,56);2*2H,1H3/t29?,36?,37?,38-,40?;;/m0../s1. The Morgan fingerprint density at radius 1 is 0.778 bits per heavy atom. The molecule has 63 heavy (non-hydrogen) atoms. The second-order valence-corrected chi connectivity index (χ2v) is 14.8. The van der Waals surface area contributed by atoms with Crippen LogP contribution in [0, 0.1) is 13.8 Å². The molecule has 0 aliphatic rings. The van der Waals surface area contributed by atoms with Crippen molar-refractivity contribution in [2.24, 2.45) is 17.2 Å². The van der Waals surface area contributed by atoms with Crippen molar-refractivity contribution in [3.8, 4) is 16.9 Å². The molecule has 17 heteroatoms. The number of nitrogens with two attached hydrogens (primary N) is 3. The molecule has 0 aliphatic carbocycles. The smallest absolute Gasteiger partial charge is 0.243 e. The number of unbranched alkanes of at least 4 members (excludes halogenated alkanes) is 1. The fourth-order valence-electron chi connectivity index (χ4n) is 6.57. The van der Waals surface area contributed by atoms with Gasteiger partial charge in [0.1, 0.15) is 36.2 Å². The number of amides is 5. The van der Waals surface area contributed by atoms with Crippen molar-refractivity contribution in [2.75, 3.05) is 33.9 Å². The molecule has 3 aromatic rings. The number of carbonyl (C=O) groups is 6. The van der Waals surface area contributed by atoms with Crippen LogP contribution in [-0.4, -0.2) is 115 Å². The highest BCUT2D eigenvalue weighted by atomic mass is 16.5. The van der Waals surface area contributed by atoms with Gasteiger partial charge in [0.05, 0.1) is 19.3 Å². The van der Waals surface area contributed by atoms with Crippen molar-refractivity contribution < 1.29 is 48.8 Å². The van der Waals surface area contributed by atoms with Gasteiger partial charge in [-0.25, -0.2) is 0 Å². The zero-order chi connectivity index (χ0) is 47.5. The molecule has 0 aromatic heterocycles. The van der Waals surface area contributed by atoms with Gasteiger partial charge in [-0.15, -0.1) is 0 Å². The Kier molecular flexibility index (Phi) is 26.6. The monoisotopic (exact) mass is 880 g/mol. The number of primary amides is 1. The van der Waals surface area contributed by atoms with Gasteiger partial charge >= 0.3 is 0 Å². The zero-order valence-electron chi connectivity index (χ0n) is 37.4. The van der Waals surface area contributed by atoms with E-state index in [1.165, 1.54) is 6.92 Å². The van der Waals surface area contributed by atoms with Gasteiger partial charge in [0.25, 0.3) is 0 Å². The number of benzene rings is 3. The van der Waals surface area contributed by atoms with Gasteiger partial charge in [-0.1, -0.05) is 66.6 Å². The van der Waals surface area contributed by atoms with Crippen LogP contribution >= 0.6 is 0 Å². The van der Waals surface area contributed by atoms with Gasteiger partial charge in [0.2, 0.25) is 29.5 Å². The zero-order valence-corrected chi connectivity index (χ0v) is 37.4. The summed E-state index contributed by atoms with van der Waals surface area (Å²) in [5.74, 6) is -3.11. The van der Waals surface area contributed by atoms with Crippen LogP contribution < -0.4 is 43.2 Å². The van der Waals surface area contributed by atoms with E-state index in [0.717, 1.165) is 72.6 Å². The largest absolute Gasteiger partial charge is 0.494 e. The van der Waals surface area contributed by atoms with Crippen LogP contribution in [0.1, 0.15) is 73.8 Å². The molecule has 0 aliphatic heterocycles.